The molecule has 2 aliphatic heterocycles. The summed E-state index contributed by atoms with van der Waals surface area (Å²) in [4.78, 5) is 23.0. The third kappa shape index (κ3) is 2.54. The van der Waals surface area contributed by atoms with Crippen LogP contribution in [0.1, 0.15) is 18.7 Å². The van der Waals surface area contributed by atoms with Gasteiger partial charge in [0, 0.05) is 43.1 Å². The highest BCUT2D eigenvalue weighted by Crippen LogP contribution is 2.32. The van der Waals surface area contributed by atoms with Gasteiger partial charge in [-0.3, -0.25) is 4.79 Å². The van der Waals surface area contributed by atoms with Gasteiger partial charge in [0.05, 0.1) is 16.6 Å². The number of hydrogen-bond acceptors (Lipinski definition) is 4. The molecule has 5 rings (SSSR count). The van der Waals surface area contributed by atoms with E-state index >= 15 is 0 Å². The molecule has 1 fully saturated rings. The highest BCUT2D eigenvalue weighted by molar-refractivity contribution is 6.24. The van der Waals surface area contributed by atoms with E-state index in [1.165, 1.54) is 5.69 Å². The number of H-pyrrole nitrogens is 1. The predicted octanol–water partition coefficient (Wildman–Crippen LogP) is 2.09. The Morgan fingerprint density at radius 2 is 2.00 bits per heavy atom. The maximum Gasteiger partial charge on any atom is 0.260 e. The fraction of sp³-hybridized carbons (Fsp3) is 0.300. The standard InChI is InChI=1S/C20H21N5O/c26-20-18(14-4-2-1-3-5-15(14)24-20)19-22-16-7-6-13(12-17(16)23-19)25-10-8-21-9-11-25/h2,4-7,12,21H,1,3,8-11H2,(H,22,23)(H,24,26). The van der Waals surface area contributed by atoms with Gasteiger partial charge in [0.1, 0.15) is 5.82 Å². The maximum atomic E-state index is 12.5. The number of carbonyl (C=O) groups excluding carboxylic acids is 1. The topological polar surface area (TPSA) is 73.1 Å². The Morgan fingerprint density at radius 3 is 2.88 bits per heavy atom. The van der Waals surface area contributed by atoms with Crippen LogP contribution in [-0.4, -0.2) is 42.1 Å². The SMILES string of the molecule is O=C1NC2=CCCC=CC2=C1c1nc2ccc(N3CCNCC3)cc2[nH]1. The zero-order chi connectivity index (χ0) is 17.5. The van der Waals surface area contributed by atoms with E-state index in [1.807, 2.05) is 12.1 Å². The van der Waals surface area contributed by atoms with Crippen molar-refractivity contribution in [3.05, 3.63) is 53.5 Å². The highest BCUT2D eigenvalue weighted by atomic mass is 16.2. The van der Waals surface area contributed by atoms with E-state index in [-0.39, 0.29) is 5.91 Å². The van der Waals surface area contributed by atoms with Crippen molar-refractivity contribution in [1.29, 1.82) is 0 Å². The molecule has 6 heteroatoms. The Labute approximate surface area is 151 Å². The van der Waals surface area contributed by atoms with Crippen LogP contribution in [0.15, 0.2) is 47.7 Å². The third-order valence-corrected chi connectivity index (χ3v) is 5.19. The first-order valence-electron chi connectivity index (χ1n) is 9.18. The molecule has 1 saturated heterocycles. The Balaban J connectivity index is 1.57. The van der Waals surface area contributed by atoms with Crippen molar-refractivity contribution in [3.63, 3.8) is 0 Å². The molecule has 3 heterocycles. The Morgan fingerprint density at radius 1 is 1.12 bits per heavy atom. The smallest absolute Gasteiger partial charge is 0.260 e. The Bertz CT molecular complexity index is 975. The number of nitrogens with zero attached hydrogens (tertiary/aromatic N) is 2. The molecule has 0 radical (unpaired) electrons. The molecular formula is C20H21N5O. The van der Waals surface area contributed by atoms with E-state index in [2.05, 4.69) is 49.8 Å². The van der Waals surface area contributed by atoms with Crippen LogP contribution in [0, 0.1) is 0 Å². The van der Waals surface area contributed by atoms with Crippen LogP contribution >= 0.6 is 0 Å². The van der Waals surface area contributed by atoms with Gasteiger partial charge in [0.2, 0.25) is 0 Å². The molecule has 1 aromatic heterocycles. The molecule has 1 aromatic carbocycles. The molecule has 0 atom stereocenters. The molecule has 0 spiro atoms. The quantitative estimate of drug-likeness (QED) is 0.778. The zero-order valence-electron chi connectivity index (χ0n) is 14.5. The van der Waals surface area contributed by atoms with E-state index in [0.717, 1.165) is 61.3 Å². The molecule has 3 N–H and O–H groups in total. The second-order valence-corrected chi connectivity index (χ2v) is 6.86. The fourth-order valence-electron chi connectivity index (χ4n) is 3.84. The minimum absolute atomic E-state index is 0.0841. The number of anilines is 1. The Hall–Kier alpha value is -2.86. The van der Waals surface area contributed by atoms with Crippen molar-refractivity contribution < 1.29 is 4.79 Å². The van der Waals surface area contributed by atoms with Gasteiger partial charge in [-0.2, -0.15) is 0 Å². The van der Waals surface area contributed by atoms with Crippen LogP contribution in [0.3, 0.4) is 0 Å². The van der Waals surface area contributed by atoms with Crippen LogP contribution in [-0.2, 0) is 4.79 Å². The number of benzene rings is 1. The summed E-state index contributed by atoms with van der Waals surface area (Å²) in [5.41, 5.74) is 5.52. The second-order valence-electron chi connectivity index (χ2n) is 6.86. The summed E-state index contributed by atoms with van der Waals surface area (Å²) in [7, 11) is 0. The summed E-state index contributed by atoms with van der Waals surface area (Å²) in [5, 5.41) is 6.35. The number of aromatic amines is 1. The number of carbonyl (C=O) groups is 1. The Kier molecular flexibility index (Phi) is 3.64. The molecular weight excluding hydrogens is 326 g/mol. The molecule has 6 nitrogen and oxygen atoms in total. The van der Waals surface area contributed by atoms with Crippen molar-refractivity contribution in [2.75, 3.05) is 31.1 Å². The molecule has 1 amide bonds. The number of nitrogens with one attached hydrogen (secondary N) is 3. The summed E-state index contributed by atoms with van der Waals surface area (Å²) < 4.78 is 0. The maximum absolute atomic E-state index is 12.5. The molecule has 2 aromatic rings. The highest BCUT2D eigenvalue weighted by Gasteiger charge is 2.29. The van der Waals surface area contributed by atoms with Crippen molar-refractivity contribution in [2.45, 2.75) is 12.8 Å². The fourth-order valence-corrected chi connectivity index (χ4v) is 3.84. The molecule has 1 aliphatic carbocycles. The first-order valence-corrected chi connectivity index (χ1v) is 9.18. The van der Waals surface area contributed by atoms with Gasteiger partial charge in [-0.1, -0.05) is 18.2 Å². The predicted molar refractivity (Wildman–Crippen MR) is 103 cm³/mol. The lowest BCUT2D eigenvalue weighted by Gasteiger charge is -2.29. The number of hydrogen-bond donors (Lipinski definition) is 3. The van der Waals surface area contributed by atoms with E-state index in [4.69, 9.17) is 0 Å². The molecule has 3 aliphatic rings. The van der Waals surface area contributed by atoms with Crippen LogP contribution in [0.25, 0.3) is 16.6 Å². The molecule has 0 bridgehead atoms. The zero-order valence-corrected chi connectivity index (χ0v) is 14.5. The monoisotopic (exact) mass is 347 g/mol. The van der Waals surface area contributed by atoms with Gasteiger partial charge in [0.15, 0.2) is 0 Å². The lowest BCUT2D eigenvalue weighted by Crippen LogP contribution is -2.43. The van der Waals surface area contributed by atoms with Crippen LogP contribution < -0.4 is 15.5 Å². The number of aromatic nitrogens is 2. The van der Waals surface area contributed by atoms with Gasteiger partial charge < -0.3 is 20.5 Å². The normalized spacial score (nSPS) is 20.2. The van der Waals surface area contributed by atoms with Gasteiger partial charge >= 0.3 is 0 Å². The number of rotatable bonds is 2. The van der Waals surface area contributed by atoms with Crippen molar-refractivity contribution in [3.8, 4) is 0 Å². The number of amides is 1. The van der Waals surface area contributed by atoms with Crippen molar-refractivity contribution >= 4 is 28.2 Å². The van der Waals surface area contributed by atoms with Crippen LogP contribution in [0.2, 0.25) is 0 Å². The van der Waals surface area contributed by atoms with Gasteiger partial charge in [-0.15, -0.1) is 0 Å². The van der Waals surface area contributed by atoms with E-state index in [0.29, 0.717) is 11.4 Å². The van der Waals surface area contributed by atoms with Crippen molar-refractivity contribution in [1.82, 2.24) is 20.6 Å². The molecule has 132 valence electrons. The number of imidazole rings is 1. The average Bonchev–Trinajstić information content (AvgIpc) is 3.13. The minimum atomic E-state index is -0.0841. The molecule has 26 heavy (non-hydrogen) atoms. The second kappa shape index (κ2) is 6.14. The number of piperazine rings is 1. The van der Waals surface area contributed by atoms with Crippen LogP contribution in [0.4, 0.5) is 5.69 Å². The number of fused-ring (bicyclic) bond motifs is 2. The van der Waals surface area contributed by atoms with E-state index in [1.54, 1.807) is 0 Å². The molecule has 0 unspecified atom stereocenters. The lowest BCUT2D eigenvalue weighted by molar-refractivity contribution is -0.114. The van der Waals surface area contributed by atoms with Crippen LogP contribution in [0.5, 0.6) is 0 Å². The first-order chi connectivity index (χ1) is 12.8. The summed E-state index contributed by atoms with van der Waals surface area (Å²) >= 11 is 0. The van der Waals surface area contributed by atoms with Gasteiger partial charge in [-0.25, -0.2) is 4.98 Å². The lowest BCUT2D eigenvalue weighted by atomic mass is 10.1. The minimum Gasteiger partial charge on any atom is -0.369 e. The van der Waals surface area contributed by atoms with E-state index in [9.17, 15) is 4.79 Å². The van der Waals surface area contributed by atoms with Gasteiger partial charge in [0.25, 0.3) is 5.91 Å². The summed E-state index contributed by atoms with van der Waals surface area (Å²) in [5.74, 6) is 0.555. The average molecular weight is 347 g/mol. The first kappa shape index (κ1) is 15.4. The van der Waals surface area contributed by atoms with Gasteiger partial charge in [-0.05, 0) is 31.0 Å². The summed E-state index contributed by atoms with van der Waals surface area (Å²) in [6, 6.07) is 6.28. The van der Waals surface area contributed by atoms with Crippen molar-refractivity contribution in [2.24, 2.45) is 0 Å². The number of allylic oxidation sites excluding steroid dienone is 3. The van der Waals surface area contributed by atoms with E-state index < -0.39 is 0 Å². The summed E-state index contributed by atoms with van der Waals surface area (Å²) in [6.45, 7) is 4.01. The summed E-state index contributed by atoms with van der Waals surface area (Å²) in [6.07, 6.45) is 8.17. The largest absolute Gasteiger partial charge is 0.369 e. The molecule has 0 saturated carbocycles. The third-order valence-electron chi connectivity index (χ3n) is 5.19.